The van der Waals surface area contributed by atoms with Crippen LogP contribution in [0.15, 0.2) is 0 Å². The zero-order valence-electron chi connectivity index (χ0n) is 7.63. The van der Waals surface area contributed by atoms with E-state index in [9.17, 15) is 14.0 Å². The summed E-state index contributed by atoms with van der Waals surface area (Å²) in [6.07, 6.45) is 0. The van der Waals surface area contributed by atoms with Gasteiger partial charge in [-0.25, -0.2) is 4.39 Å². The van der Waals surface area contributed by atoms with Gasteiger partial charge in [-0.3, -0.25) is 9.59 Å². The lowest BCUT2D eigenvalue weighted by Crippen LogP contribution is -2.24. The Morgan fingerprint density at radius 3 is 2.23 bits per heavy atom. The molecule has 0 aliphatic heterocycles. The molecule has 0 atom stereocenters. The van der Waals surface area contributed by atoms with E-state index >= 15 is 0 Å². The largest absolute Gasteiger partial charge is 0.465 e. The van der Waals surface area contributed by atoms with Gasteiger partial charge in [0.2, 0.25) is 0 Å². The number of halogens is 1. The van der Waals surface area contributed by atoms with E-state index in [2.05, 4.69) is 9.47 Å². The third-order valence-electron chi connectivity index (χ3n) is 1.20. The molecule has 0 aromatic carbocycles. The first-order chi connectivity index (χ1) is 6.13. The number of hydrogen-bond acceptors (Lipinski definition) is 4. The summed E-state index contributed by atoms with van der Waals surface area (Å²) in [5.74, 6) is -1.74. The van der Waals surface area contributed by atoms with Gasteiger partial charge in [-0.05, 0) is 13.8 Å². The van der Waals surface area contributed by atoms with Crippen molar-refractivity contribution in [1.29, 1.82) is 0 Å². The van der Waals surface area contributed by atoms with Crippen LogP contribution >= 0.6 is 0 Å². The van der Waals surface area contributed by atoms with Crippen LogP contribution < -0.4 is 0 Å². The molecule has 0 aliphatic rings. The van der Waals surface area contributed by atoms with Gasteiger partial charge in [0.25, 0.3) is 0 Å². The van der Waals surface area contributed by atoms with Crippen LogP contribution in [-0.2, 0) is 19.1 Å². The maximum atomic E-state index is 11.6. The van der Waals surface area contributed by atoms with Gasteiger partial charge in [-0.1, -0.05) is 0 Å². The summed E-state index contributed by atoms with van der Waals surface area (Å²) >= 11 is 0. The van der Waals surface area contributed by atoms with Gasteiger partial charge in [0.05, 0.1) is 6.61 Å². The Kier molecular flexibility index (Phi) is 5.84. The fourth-order valence-electron chi connectivity index (χ4n) is 0.562. The van der Waals surface area contributed by atoms with Crippen molar-refractivity contribution in [3.63, 3.8) is 0 Å². The van der Waals surface area contributed by atoms with E-state index in [4.69, 9.17) is 0 Å². The van der Waals surface area contributed by atoms with E-state index in [1.807, 2.05) is 0 Å². The molecule has 0 rings (SSSR count). The molecule has 4 nitrogen and oxygen atoms in total. The summed E-state index contributed by atoms with van der Waals surface area (Å²) in [6.45, 7) is 1.99. The fourth-order valence-corrected chi connectivity index (χ4v) is 0.562. The average Bonchev–Trinajstić information content (AvgIpc) is 2.13. The third kappa shape index (κ3) is 4.45. The zero-order chi connectivity index (χ0) is 10.3. The number of ether oxygens (including phenoxy) is 2. The molecule has 1 radical (unpaired) electrons. The maximum Gasteiger partial charge on any atom is 0.325 e. The first-order valence-corrected chi connectivity index (χ1v) is 3.87. The summed E-state index contributed by atoms with van der Waals surface area (Å²) in [4.78, 5) is 21.8. The lowest BCUT2D eigenvalue weighted by molar-refractivity contribution is -0.150. The van der Waals surface area contributed by atoms with Crippen LogP contribution in [0.3, 0.4) is 0 Å². The Labute approximate surface area is 76.0 Å². The van der Waals surface area contributed by atoms with Crippen LogP contribution in [0, 0.1) is 5.92 Å². The maximum absolute atomic E-state index is 11.6. The Hall–Kier alpha value is -1.13. The molecule has 0 saturated heterocycles. The molecule has 5 heteroatoms. The molecule has 0 N–H and O–H groups in total. The number of alkyl halides is 1. The second-order valence-corrected chi connectivity index (χ2v) is 2.17. The first-order valence-electron chi connectivity index (χ1n) is 3.87. The Balaban J connectivity index is 3.87. The van der Waals surface area contributed by atoms with E-state index in [-0.39, 0.29) is 19.1 Å². The summed E-state index contributed by atoms with van der Waals surface area (Å²) in [5.41, 5.74) is 0. The monoisotopic (exact) mass is 191 g/mol. The highest BCUT2D eigenvalue weighted by molar-refractivity contribution is 6.09. The smallest absolute Gasteiger partial charge is 0.325 e. The summed E-state index contributed by atoms with van der Waals surface area (Å²) in [6, 6.07) is 0. The molecule has 0 fully saturated rings. The Bertz CT molecular complexity index is 181. The highest BCUT2D eigenvalue weighted by atomic mass is 19.1. The van der Waals surface area contributed by atoms with Crippen molar-refractivity contribution in [3.8, 4) is 0 Å². The molecule has 0 spiro atoms. The number of carbonyl (C=O) groups excluding carboxylic acids is 2. The van der Waals surface area contributed by atoms with Gasteiger partial charge in [0, 0.05) is 0 Å². The van der Waals surface area contributed by atoms with Crippen LogP contribution in [0.2, 0.25) is 0 Å². The van der Waals surface area contributed by atoms with Gasteiger partial charge < -0.3 is 9.47 Å². The second-order valence-electron chi connectivity index (χ2n) is 2.17. The standard InChI is InChI=1S/C8H12FO4/c1-3-12-7(10)6(2)8(11)13-5-4-9/h3-5H2,1-2H3. The van der Waals surface area contributed by atoms with Crippen molar-refractivity contribution in [2.45, 2.75) is 13.8 Å². The van der Waals surface area contributed by atoms with Gasteiger partial charge in [0.1, 0.15) is 13.3 Å². The third-order valence-corrected chi connectivity index (χ3v) is 1.20. The molecule has 13 heavy (non-hydrogen) atoms. The van der Waals surface area contributed by atoms with Gasteiger partial charge in [0.15, 0.2) is 5.92 Å². The minimum Gasteiger partial charge on any atom is -0.465 e. The van der Waals surface area contributed by atoms with Crippen molar-refractivity contribution in [3.05, 3.63) is 5.92 Å². The number of rotatable bonds is 5. The molecule has 0 aromatic heterocycles. The molecule has 0 amide bonds. The van der Waals surface area contributed by atoms with Gasteiger partial charge in [-0.15, -0.1) is 0 Å². The normalized spacial score (nSPS) is 9.85. The zero-order valence-corrected chi connectivity index (χ0v) is 7.63. The van der Waals surface area contributed by atoms with E-state index in [0.29, 0.717) is 0 Å². The van der Waals surface area contributed by atoms with Crippen molar-refractivity contribution in [2.75, 3.05) is 19.9 Å². The summed E-state index contributed by atoms with van der Waals surface area (Å²) in [7, 11) is 0. The van der Waals surface area contributed by atoms with E-state index in [1.165, 1.54) is 6.92 Å². The first kappa shape index (κ1) is 11.9. The van der Waals surface area contributed by atoms with Crippen molar-refractivity contribution in [1.82, 2.24) is 0 Å². The van der Waals surface area contributed by atoms with E-state index in [1.54, 1.807) is 6.92 Å². The molecule has 0 heterocycles. The molecule has 0 unspecified atom stereocenters. The van der Waals surface area contributed by atoms with Crippen molar-refractivity contribution in [2.24, 2.45) is 0 Å². The molecule has 75 valence electrons. The number of hydrogen-bond donors (Lipinski definition) is 0. The molecule has 0 aliphatic carbocycles. The van der Waals surface area contributed by atoms with Crippen LogP contribution in [0.1, 0.15) is 13.8 Å². The topological polar surface area (TPSA) is 52.6 Å². The average molecular weight is 191 g/mol. The Morgan fingerprint density at radius 2 is 1.77 bits per heavy atom. The van der Waals surface area contributed by atoms with Crippen molar-refractivity contribution < 1.29 is 23.5 Å². The quantitative estimate of drug-likeness (QED) is 0.473. The predicted octanol–water partition coefficient (Wildman–Crippen LogP) is 0.657. The SMILES string of the molecule is CCOC(=O)[C](C)C(=O)OCCF. The Morgan fingerprint density at radius 1 is 1.23 bits per heavy atom. The van der Waals surface area contributed by atoms with E-state index in [0.717, 1.165) is 0 Å². The lowest BCUT2D eigenvalue weighted by Gasteiger charge is -2.08. The van der Waals surface area contributed by atoms with Crippen molar-refractivity contribution >= 4 is 11.9 Å². The highest BCUT2D eigenvalue weighted by Crippen LogP contribution is 2.04. The molecule has 0 aromatic rings. The molecule has 0 bridgehead atoms. The summed E-state index contributed by atoms with van der Waals surface area (Å²) < 4.78 is 20.5. The van der Waals surface area contributed by atoms with Crippen LogP contribution in [0.5, 0.6) is 0 Å². The predicted molar refractivity (Wildman–Crippen MR) is 42.5 cm³/mol. The highest BCUT2D eigenvalue weighted by Gasteiger charge is 2.25. The van der Waals surface area contributed by atoms with Crippen LogP contribution in [0.25, 0.3) is 0 Å². The summed E-state index contributed by atoms with van der Waals surface area (Å²) in [5, 5.41) is 0. The van der Waals surface area contributed by atoms with Gasteiger partial charge in [-0.2, -0.15) is 0 Å². The van der Waals surface area contributed by atoms with Crippen LogP contribution in [-0.4, -0.2) is 31.8 Å². The second kappa shape index (κ2) is 6.39. The molecular formula is C8H12FO4. The number of carbonyl (C=O) groups is 2. The van der Waals surface area contributed by atoms with Gasteiger partial charge >= 0.3 is 11.9 Å². The minimum atomic E-state index is -0.837. The lowest BCUT2D eigenvalue weighted by atomic mass is 10.2. The minimum absolute atomic E-state index is 0.171. The molecular weight excluding hydrogens is 179 g/mol. The van der Waals surface area contributed by atoms with Crippen LogP contribution in [0.4, 0.5) is 4.39 Å². The fraction of sp³-hybridized carbons (Fsp3) is 0.625. The van der Waals surface area contributed by atoms with E-state index < -0.39 is 18.6 Å². The number of esters is 2. The molecule has 0 saturated carbocycles.